The van der Waals surface area contributed by atoms with Crippen LogP contribution in [0.15, 0.2) is 52.9 Å². The van der Waals surface area contributed by atoms with Gasteiger partial charge in [0.1, 0.15) is 5.82 Å². The van der Waals surface area contributed by atoms with Gasteiger partial charge in [-0.25, -0.2) is 4.39 Å². The molecule has 19 heavy (non-hydrogen) atoms. The van der Waals surface area contributed by atoms with Gasteiger partial charge in [0.05, 0.1) is 0 Å². The molecule has 2 N–H and O–H groups in total. The van der Waals surface area contributed by atoms with Crippen LogP contribution in [0, 0.1) is 5.82 Å². The fourth-order valence-electron chi connectivity index (χ4n) is 1.67. The highest BCUT2D eigenvalue weighted by atomic mass is 19.1. The molecule has 3 aromatic rings. The number of nitrogens with two attached hydrogens (primary N) is 1. The molecule has 2 aromatic carbocycles. The second-order valence-corrected chi connectivity index (χ2v) is 4.04. The summed E-state index contributed by atoms with van der Waals surface area (Å²) in [7, 11) is 0. The fourth-order valence-corrected chi connectivity index (χ4v) is 1.67. The van der Waals surface area contributed by atoms with Gasteiger partial charge in [-0.1, -0.05) is 0 Å². The summed E-state index contributed by atoms with van der Waals surface area (Å²) < 4.78 is 18.4. The first kappa shape index (κ1) is 11.4. The SMILES string of the molecule is Nc1ccc(-c2nnc(-c3ccc(F)cc3)o2)cc1. The molecule has 0 aliphatic rings. The van der Waals surface area contributed by atoms with Crippen molar-refractivity contribution in [3.8, 4) is 22.9 Å². The van der Waals surface area contributed by atoms with E-state index in [0.717, 1.165) is 5.56 Å². The lowest BCUT2D eigenvalue weighted by molar-refractivity contribution is 0.584. The Morgan fingerprint density at radius 3 is 1.79 bits per heavy atom. The van der Waals surface area contributed by atoms with Crippen LogP contribution in [0.5, 0.6) is 0 Å². The van der Waals surface area contributed by atoms with Crippen molar-refractivity contribution in [2.24, 2.45) is 0 Å². The van der Waals surface area contributed by atoms with E-state index in [-0.39, 0.29) is 5.82 Å². The van der Waals surface area contributed by atoms with Gasteiger partial charge in [0.25, 0.3) is 0 Å². The molecule has 0 spiro atoms. The number of nitrogen functional groups attached to an aromatic ring is 1. The number of nitrogens with zero attached hydrogens (tertiary/aromatic N) is 2. The first-order valence-electron chi connectivity index (χ1n) is 5.68. The molecule has 4 nitrogen and oxygen atoms in total. The van der Waals surface area contributed by atoms with Crippen molar-refractivity contribution in [3.63, 3.8) is 0 Å². The van der Waals surface area contributed by atoms with E-state index in [2.05, 4.69) is 10.2 Å². The van der Waals surface area contributed by atoms with Crippen LogP contribution < -0.4 is 5.73 Å². The summed E-state index contributed by atoms with van der Waals surface area (Å²) >= 11 is 0. The third kappa shape index (κ3) is 2.30. The van der Waals surface area contributed by atoms with Crippen LogP contribution in [-0.2, 0) is 0 Å². The Morgan fingerprint density at radius 2 is 1.26 bits per heavy atom. The third-order valence-corrected chi connectivity index (χ3v) is 2.67. The van der Waals surface area contributed by atoms with Crippen molar-refractivity contribution in [2.75, 3.05) is 5.73 Å². The van der Waals surface area contributed by atoms with Gasteiger partial charge in [-0.05, 0) is 48.5 Å². The molecule has 0 saturated heterocycles. The van der Waals surface area contributed by atoms with E-state index >= 15 is 0 Å². The van der Waals surface area contributed by atoms with Crippen LogP contribution in [-0.4, -0.2) is 10.2 Å². The topological polar surface area (TPSA) is 64.9 Å². The van der Waals surface area contributed by atoms with Crippen LogP contribution >= 0.6 is 0 Å². The highest BCUT2D eigenvalue weighted by Gasteiger charge is 2.10. The molecule has 0 unspecified atom stereocenters. The van der Waals surface area contributed by atoms with E-state index in [1.54, 1.807) is 36.4 Å². The molecule has 0 aliphatic carbocycles. The molecule has 0 bridgehead atoms. The van der Waals surface area contributed by atoms with Gasteiger partial charge < -0.3 is 10.2 Å². The Hall–Kier alpha value is -2.69. The van der Waals surface area contributed by atoms with Crippen molar-refractivity contribution >= 4 is 5.69 Å². The summed E-state index contributed by atoms with van der Waals surface area (Å²) in [5, 5.41) is 7.91. The zero-order chi connectivity index (χ0) is 13.2. The van der Waals surface area contributed by atoms with Crippen molar-refractivity contribution in [2.45, 2.75) is 0 Å². The molecule has 0 aliphatic heterocycles. The van der Waals surface area contributed by atoms with Gasteiger partial charge in [-0.15, -0.1) is 10.2 Å². The number of rotatable bonds is 2. The molecule has 0 saturated carbocycles. The minimum absolute atomic E-state index is 0.304. The summed E-state index contributed by atoms with van der Waals surface area (Å²) in [5.74, 6) is 0.452. The molecule has 0 atom stereocenters. The van der Waals surface area contributed by atoms with Gasteiger partial charge in [-0.2, -0.15) is 0 Å². The minimum Gasteiger partial charge on any atom is -0.416 e. The van der Waals surface area contributed by atoms with E-state index in [1.165, 1.54) is 12.1 Å². The van der Waals surface area contributed by atoms with E-state index in [0.29, 0.717) is 23.0 Å². The maximum Gasteiger partial charge on any atom is 0.248 e. The quantitative estimate of drug-likeness (QED) is 0.714. The smallest absolute Gasteiger partial charge is 0.248 e. The normalized spacial score (nSPS) is 10.6. The van der Waals surface area contributed by atoms with Crippen molar-refractivity contribution in [1.29, 1.82) is 0 Å². The molecule has 3 rings (SSSR count). The van der Waals surface area contributed by atoms with Crippen LogP contribution in [0.2, 0.25) is 0 Å². The first-order chi connectivity index (χ1) is 9.22. The lowest BCUT2D eigenvalue weighted by Gasteiger charge is -1.96. The van der Waals surface area contributed by atoms with Gasteiger partial charge in [0.2, 0.25) is 11.8 Å². The third-order valence-electron chi connectivity index (χ3n) is 2.67. The molecule has 94 valence electrons. The summed E-state index contributed by atoms with van der Waals surface area (Å²) in [6.07, 6.45) is 0. The zero-order valence-electron chi connectivity index (χ0n) is 9.88. The largest absolute Gasteiger partial charge is 0.416 e. The number of hydrogen-bond acceptors (Lipinski definition) is 4. The Kier molecular flexibility index (Phi) is 2.72. The Morgan fingerprint density at radius 1 is 0.789 bits per heavy atom. The minimum atomic E-state index is -0.304. The van der Waals surface area contributed by atoms with Crippen molar-refractivity contribution in [1.82, 2.24) is 10.2 Å². The van der Waals surface area contributed by atoms with E-state index < -0.39 is 0 Å². The van der Waals surface area contributed by atoms with E-state index in [9.17, 15) is 4.39 Å². The number of halogens is 1. The average Bonchev–Trinajstić information content (AvgIpc) is 2.90. The maximum atomic E-state index is 12.8. The van der Waals surface area contributed by atoms with Gasteiger partial charge in [-0.3, -0.25) is 0 Å². The average molecular weight is 255 g/mol. The van der Waals surface area contributed by atoms with Crippen LogP contribution in [0.3, 0.4) is 0 Å². The second kappa shape index (κ2) is 4.53. The zero-order valence-corrected chi connectivity index (χ0v) is 9.88. The van der Waals surface area contributed by atoms with Crippen molar-refractivity contribution < 1.29 is 8.81 Å². The van der Waals surface area contributed by atoms with Crippen LogP contribution in [0.1, 0.15) is 0 Å². The van der Waals surface area contributed by atoms with E-state index in [1.807, 2.05) is 0 Å². The molecule has 0 amide bonds. The lowest BCUT2D eigenvalue weighted by atomic mass is 10.2. The predicted octanol–water partition coefficient (Wildman–Crippen LogP) is 3.12. The second-order valence-electron chi connectivity index (χ2n) is 4.04. The Labute approximate surface area is 108 Å². The molecular weight excluding hydrogens is 245 g/mol. The van der Waals surface area contributed by atoms with E-state index in [4.69, 9.17) is 10.2 Å². The summed E-state index contributed by atoms with van der Waals surface area (Å²) in [5.41, 5.74) is 7.75. The Balaban J connectivity index is 1.95. The highest BCUT2D eigenvalue weighted by Crippen LogP contribution is 2.24. The molecule has 1 heterocycles. The predicted molar refractivity (Wildman–Crippen MR) is 69.5 cm³/mol. The fraction of sp³-hybridized carbons (Fsp3) is 0. The van der Waals surface area contributed by atoms with Crippen molar-refractivity contribution in [3.05, 3.63) is 54.3 Å². The number of benzene rings is 2. The lowest BCUT2D eigenvalue weighted by Crippen LogP contribution is -1.83. The van der Waals surface area contributed by atoms with Gasteiger partial charge in [0.15, 0.2) is 0 Å². The maximum absolute atomic E-state index is 12.8. The number of aromatic nitrogens is 2. The highest BCUT2D eigenvalue weighted by molar-refractivity contribution is 5.59. The summed E-state index contributed by atoms with van der Waals surface area (Å²) in [6, 6.07) is 13.0. The molecular formula is C14H10FN3O. The first-order valence-corrected chi connectivity index (χ1v) is 5.68. The number of anilines is 1. The van der Waals surface area contributed by atoms with Gasteiger partial charge in [0, 0.05) is 16.8 Å². The summed E-state index contributed by atoms with van der Waals surface area (Å²) in [4.78, 5) is 0. The monoisotopic (exact) mass is 255 g/mol. The summed E-state index contributed by atoms with van der Waals surface area (Å²) in [6.45, 7) is 0. The molecule has 1 aromatic heterocycles. The standard InChI is InChI=1S/C14H10FN3O/c15-11-5-1-9(2-6-11)13-17-18-14(19-13)10-3-7-12(16)8-4-10/h1-8H,16H2. The van der Waals surface area contributed by atoms with Gasteiger partial charge >= 0.3 is 0 Å². The number of hydrogen-bond donors (Lipinski definition) is 1. The van der Waals surface area contributed by atoms with Crippen LogP contribution in [0.4, 0.5) is 10.1 Å². The Bertz CT molecular complexity index is 629. The van der Waals surface area contributed by atoms with Crippen LogP contribution in [0.25, 0.3) is 22.9 Å². The molecule has 0 fully saturated rings. The molecule has 0 radical (unpaired) electrons. The molecule has 5 heteroatoms.